The van der Waals surface area contributed by atoms with Crippen molar-refractivity contribution in [3.63, 3.8) is 0 Å². The molecular weight excluding hydrogens is 261 g/mol. The van der Waals surface area contributed by atoms with Crippen LogP contribution in [0.3, 0.4) is 0 Å². The maximum absolute atomic E-state index is 2.38. The van der Waals surface area contributed by atoms with Crippen LogP contribution in [0.5, 0.6) is 0 Å². The molecule has 2 heteroatoms. The van der Waals surface area contributed by atoms with Gasteiger partial charge in [0, 0.05) is 5.92 Å². The van der Waals surface area contributed by atoms with Crippen molar-refractivity contribution in [2.75, 3.05) is 27.7 Å². The summed E-state index contributed by atoms with van der Waals surface area (Å²) in [6, 6.07) is 0. The summed E-state index contributed by atoms with van der Waals surface area (Å²) in [5.41, 5.74) is 0. The van der Waals surface area contributed by atoms with Crippen LogP contribution in [0.4, 0.5) is 0 Å². The van der Waals surface area contributed by atoms with Crippen molar-refractivity contribution in [1.29, 1.82) is 0 Å². The summed E-state index contributed by atoms with van der Waals surface area (Å²) in [5, 5.41) is 0. The Morgan fingerprint density at radius 2 is 1.75 bits per heavy atom. The van der Waals surface area contributed by atoms with Crippen molar-refractivity contribution in [3.8, 4) is 0 Å². The van der Waals surface area contributed by atoms with E-state index in [1.54, 1.807) is 0 Å². The highest BCUT2D eigenvalue weighted by atomic mass is 127. The van der Waals surface area contributed by atoms with E-state index in [1.807, 2.05) is 0 Å². The summed E-state index contributed by atoms with van der Waals surface area (Å²) in [6.45, 7) is 3.75. The number of hydrogen-bond donors (Lipinski definition) is 0. The van der Waals surface area contributed by atoms with E-state index in [9.17, 15) is 0 Å². The standard InChI is InChI=1S/C10H22N.HI/c1-9-5-6-10(7-9)8-11(2,3)4;/h9-10H,5-8H2,1-4H3;1H/q+1;/p-1. The molecule has 1 aliphatic carbocycles. The largest absolute Gasteiger partial charge is 1.00 e. The monoisotopic (exact) mass is 283 g/mol. The Labute approximate surface area is 94.1 Å². The topological polar surface area (TPSA) is 0 Å². The highest BCUT2D eigenvalue weighted by molar-refractivity contribution is 4.71. The van der Waals surface area contributed by atoms with Crippen LogP contribution in [0, 0.1) is 11.8 Å². The molecule has 74 valence electrons. The summed E-state index contributed by atoms with van der Waals surface area (Å²) in [7, 11) is 6.88. The first-order valence-corrected chi connectivity index (χ1v) is 4.78. The van der Waals surface area contributed by atoms with Gasteiger partial charge in [0.15, 0.2) is 0 Å². The van der Waals surface area contributed by atoms with Crippen molar-refractivity contribution in [1.82, 2.24) is 0 Å². The normalized spacial score (nSPS) is 30.0. The maximum atomic E-state index is 2.38. The smallest absolute Gasteiger partial charge is 0.0809 e. The van der Waals surface area contributed by atoms with Gasteiger partial charge in [-0.1, -0.05) is 13.3 Å². The third kappa shape index (κ3) is 4.65. The molecule has 1 saturated carbocycles. The van der Waals surface area contributed by atoms with Gasteiger partial charge in [0.05, 0.1) is 27.7 Å². The minimum atomic E-state index is 0. The molecule has 1 rings (SSSR count). The zero-order valence-corrected chi connectivity index (χ0v) is 11.0. The fourth-order valence-corrected chi connectivity index (χ4v) is 2.27. The van der Waals surface area contributed by atoms with Crippen molar-refractivity contribution in [2.24, 2.45) is 11.8 Å². The molecular formula is C10H22IN. The predicted octanol–water partition coefficient (Wildman–Crippen LogP) is -0.867. The molecule has 1 fully saturated rings. The van der Waals surface area contributed by atoms with Crippen LogP contribution in [-0.2, 0) is 0 Å². The van der Waals surface area contributed by atoms with Gasteiger partial charge in [-0.3, -0.25) is 0 Å². The Bertz CT molecular complexity index is 128. The van der Waals surface area contributed by atoms with Gasteiger partial charge in [-0.25, -0.2) is 0 Å². The number of nitrogens with zero attached hydrogens (tertiary/aromatic N) is 1. The van der Waals surface area contributed by atoms with Gasteiger partial charge in [0.25, 0.3) is 0 Å². The van der Waals surface area contributed by atoms with E-state index < -0.39 is 0 Å². The van der Waals surface area contributed by atoms with E-state index in [0.29, 0.717) is 0 Å². The molecule has 0 amide bonds. The highest BCUT2D eigenvalue weighted by Crippen LogP contribution is 2.31. The van der Waals surface area contributed by atoms with Crippen LogP contribution in [0.2, 0.25) is 0 Å². The molecule has 0 N–H and O–H groups in total. The van der Waals surface area contributed by atoms with Crippen LogP contribution >= 0.6 is 0 Å². The van der Waals surface area contributed by atoms with Gasteiger partial charge in [0.2, 0.25) is 0 Å². The van der Waals surface area contributed by atoms with Crippen molar-refractivity contribution < 1.29 is 28.5 Å². The van der Waals surface area contributed by atoms with E-state index >= 15 is 0 Å². The summed E-state index contributed by atoms with van der Waals surface area (Å²) in [6.07, 6.45) is 4.40. The molecule has 0 saturated heterocycles. The van der Waals surface area contributed by atoms with Crippen LogP contribution < -0.4 is 24.0 Å². The van der Waals surface area contributed by atoms with Crippen LogP contribution in [0.1, 0.15) is 26.2 Å². The van der Waals surface area contributed by atoms with Crippen molar-refractivity contribution in [2.45, 2.75) is 26.2 Å². The van der Waals surface area contributed by atoms with E-state index in [-0.39, 0.29) is 24.0 Å². The summed E-state index contributed by atoms with van der Waals surface area (Å²) in [5.74, 6) is 2.00. The molecule has 2 atom stereocenters. The Balaban J connectivity index is 0.00000121. The Hall–Kier alpha value is 0.690. The van der Waals surface area contributed by atoms with Crippen LogP contribution in [-0.4, -0.2) is 32.2 Å². The lowest BCUT2D eigenvalue weighted by atomic mass is 10.1. The minimum absolute atomic E-state index is 0. The van der Waals surface area contributed by atoms with Gasteiger partial charge in [-0.15, -0.1) is 0 Å². The molecule has 0 aromatic rings. The molecule has 0 aromatic heterocycles. The first-order chi connectivity index (χ1) is 4.97. The lowest BCUT2D eigenvalue weighted by Crippen LogP contribution is -3.00. The van der Waals surface area contributed by atoms with Gasteiger partial charge in [-0.2, -0.15) is 0 Å². The van der Waals surface area contributed by atoms with E-state index in [2.05, 4.69) is 28.1 Å². The third-order valence-corrected chi connectivity index (χ3v) is 2.61. The Morgan fingerprint density at radius 3 is 2.08 bits per heavy atom. The number of quaternary nitrogens is 1. The van der Waals surface area contributed by atoms with Gasteiger partial charge < -0.3 is 28.5 Å². The highest BCUT2D eigenvalue weighted by Gasteiger charge is 2.25. The molecule has 1 aliphatic rings. The predicted molar refractivity (Wildman–Crippen MR) is 49.4 cm³/mol. The molecule has 0 aromatic carbocycles. The molecule has 0 radical (unpaired) electrons. The summed E-state index contributed by atoms with van der Waals surface area (Å²) < 4.78 is 1.14. The second-order valence-electron chi connectivity index (χ2n) is 5.26. The Kier molecular flexibility index (Phi) is 5.07. The molecule has 0 heterocycles. The average molecular weight is 283 g/mol. The number of halogens is 1. The van der Waals surface area contributed by atoms with Crippen molar-refractivity contribution >= 4 is 0 Å². The van der Waals surface area contributed by atoms with Gasteiger partial charge >= 0.3 is 0 Å². The number of hydrogen-bond acceptors (Lipinski definition) is 0. The first kappa shape index (κ1) is 12.7. The van der Waals surface area contributed by atoms with Crippen LogP contribution in [0.15, 0.2) is 0 Å². The summed E-state index contributed by atoms with van der Waals surface area (Å²) in [4.78, 5) is 0. The lowest BCUT2D eigenvalue weighted by Gasteiger charge is -2.27. The molecule has 0 aliphatic heterocycles. The molecule has 0 bridgehead atoms. The van der Waals surface area contributed by atoms with E-state index in [1.165, 1.54) is 25.8 Å². The lowest BCUT2D eigenvalue weighted by molar-refractivity contribution is -0.873. The van der Waals surface area contributed by atoms with Gasteiger partial charge in [-0.05, 0) is 18.8 Å². The van der Waals surface area contributed by atoms with Crippen molar-refractivity contribution in [3.05, 3.63) is 0 Å². The van der Waals surface area contributed by atoms with Crippen LogP contribution in [0.25, 0.3) is 0 Å². The average Bonchev–Trinajstić information content (AvgIpc) is 2.10. The molecule has 2 unspecified atom stereocenters. The fourth-order valence-electron chi connectivity index (χ4n) is 2.27. The van der Waals surface area contributed by atoms with Gasteiger partial charge in [0.1, 0.15) is 0 Å². The van der Waals surface area contributed by atoms with E-state index in [0.717, 1.165) is 16.3 Å². The maximum Gasteiger partial charge on any atom is 0.0809 e. The quantitative estimate of drug-likeness (QED) is 0.457. The SMILES string of the molecule is CC1CCC(C[N+](C)(C)C)C1.[I-]. The molecule has 1 nitrogen and oxygen atoms in total. The second kappa shape index (κ2) is 4.80. The molecule has 12 heavy (non-hydrogen) atoms. The first-order valence-electron chi connectivity index (χ1n) is 4.78. The fraction of sp³-hybridized carbons (Fsp3) is 1.00. The molecule has 0 spiro atoms. The minimum Gasteiger partial charge on any atom is -1.00 e. The summed E-state index contributed by atoms with van der Waals surface area (Å²) >= 11 is 0. The third-order valence-electron chi connectivity index (χ3n) is 2.61. The zero-order chi connectivity index (χ0) is 8.48. The second-order valence-corrected chi connectivity index (χ2v) is 5.26. The number of rotatable bonds is 2. The van der Waals surface area contributed by atoms with E-state index in [4.69, 9.17) is 0 Å². The Morgan fingerprint density at radius 1 is 1.17 bits per heavy atom. The zero-order valence-electron chi connectivity index (χ0n) is 8.81.